The molecule has 0 saturated carbocycles. The van der Waals surface area contributed by atoms with Crippen LogP contribution < -0.4 is 5.73 Å². The van der Waals surface area contributed by atoms with E-state index >= 15 is 0 Å². The maximum absolute atomic E-state index is 11.2. The van der Waals surface area contributed by atoms with Gasteiger partial charge in [-0.3, -0.25) is 9.79 Å². The van der Waals surface area contributed by atoms with Gasteiger partial charge in [-0.25, -0.2) is 0 Å². The fourth-order valence-electron chi connectivity index (χ4n) is 1.23. The quantitative estimate of drug-likeness (QED) is 0.476. The molecule has 2 N–H and O–H groups in total. The number of nitrogens with two attached hydrogens (primary N) is 1. The molecule has 0 spiro atoms. The van der Waals surface area contributed by atoms with Gasteiger partial charge in [-0.05, 0) is 6.08 Å². The van der Waals surface area contributed by atoms with E-state index in [4.69, 9.17) is 5.73 Å². The number of rotatable bonds is 2. The van der Waals surface area contributed by atoms with Gasteiger partial charge in [0, 0.05) is 31.1 Å². The lowest BCUT2D eigenvalue weighted by Crippen LogP contribution is -2.28. The maximum atomic E-state index is 11.2. The fraction of sp³-hybridized carbons (Fsp3) is 0.333. The SMILES string of the molecule is C=CC(=O)N1CC(N)=C(C=NC)C1. The van der Waals surface area contributed by atoms with Crippen molar-refractivity contribution in [3.8, 4) is 0 Å². The Bertz CT molecular complexity index is 291. The predicted molar refractivity (Wildman–Crippen MR) is 52.4 cm³/mol. The van der Waals surface area contributed by atoms with Crippen LogP contribution in [-0.4, -0.2) is 37.2 Å². The molecule has 0 atom stereocenters. The lowest BCUT2D eigenvalue weighted by molar-refractivity contribution is -0.124. The topological polar surface area (TPSA) is 58.7 Å². The van der Waals surface area contributed by atoms with Crippen molar-refractivity contribution in [3.05, 3.63) is 23.9 Å². The monoisotopic (exact) mass is 179 g/mol. The molecule has 0 aromatic heterocycles. The Morgan fingerprint density at radius 3 is 2.92 bits per heavy atom. The lowest BCUT2D eigenvalue weighted by atomic mass is 10.3. The van der Waals surface area contributed by atoms with Crippen LogP contribution in [0.3, 0.4) is 0 Å². The summed E-state index contributed by atoms with van der Waals surface area (Å²) in [5, 5.41) is 0. The van der Waals surface area contributed by atoms with Gasteiger partial charge in [-0.15, -0.1) is 0 Å². The molecule has 0 aromatic rings. The summed E-state index contributed by atoms with van der Waals surface area (Å²) >= 11 is 0. The molecule has 1 aliphatic rings. The van der Waals surface area contributed by atoms with Crippen molar-refractivity contribution in [3.63, 3.8) is 0 Å². The zero-order chi connectivity index (χ0) is 9.84. The summed E-state index contributed by atoms with van der Waals surface area (Å²) in [4.78, 5) is 16.7. The van der Waals surface area contributed by atoms with Gasteiger partial charge in [-0.2, -0.15) is 0 Å². The van der Waals surface area contributed by atoms with E-state index in [2.05, 4.69) is 11.6 Å². The highest BCUT2D eigenvalue weighted by Crippen LogP contribution is 2.11. The van der Waals surface area contributed by atoms with Crippen LogP contribution in [0.4, 0.5) is 0 Å². The first-order chi connectivity index (χ1) is 6.19. The number of nitrogens with zero attached hydrogens (tertiary/aromatic N) is 2. The minimum absolute atomic E-state index is 0.0950. The molecular formula is C9H13N3O. The first-order valence-corrected chi connectivity index (χ1v) is 4.00. The summed E-state index contributed by atoms with van der Waals surface area (Å²) in [6, 6.07) is 0. The highest BCUT2D eigenvalue weighted by molar-refractivity contribution is 5.90. The lowest BCUT2D eigenvalue weighted by Gasteiger charge is -2.12. The van der Waals surface area contributed by atoms with Crippen LogP contribution in [0.25, 0.3) is 0 Å². The third-order valence-corrected chi connectivity index (χ3v) is 1.91. The normalized spacial score (nSPS) is 17.2. The number of carbonyl (C=O) groups excluding carboxylic acids is 1. The van der Waals surface area contributed by atoms with Crippen LogP contribution in [0.5, 0.6) is 0 Å². The van der Waals surface area contributed by atoms with E-state index in [1.807, 2.05) is 0 Å². The molecule has 1 aliphatic heterocycles. The Balaban J connectivity index is 2.68. The Morgan fingerprint density at radius 1 is 1.69 bits per heavy atom. The molecule has 1 heterocycles. The Hall–Kier alpha value is -1.58. The summed E-state index contributed by atoms with van der Waals surface area (Å²) in [7, 11) is 1.68. The maximum Gasteiger partial charge on any atom is 0.246 e. The largest absolute Gasteiger partial charge is 0.400 e. The van der Waals surface area contributed by atoms with E-state index in [9.17, 15) is 4.79 Å². The van der Waals surface area contributed by atoms with Gasteiger partial charge >= 0.3 is 0 Å². The summed E-state index contributed by atoms with van der Waals surface area (Å²) < 4.78 is 0. The van der Waals surface area contributed by atoms with Crippen molar-refractivity contribution in [2.45, 2.75) is 0 Å². The average molecular weight is 179 g/mol. The number of amides is 1. The van der Waals surface area contributed by atoms with Crippen molar-refractivity contribution in [2.24, 2.45) is 10.7 Å². The predicted octanol–water partition coefficient (Wildman–Crippen LogP) is -0.0720. The van der Waals surface area contributed by atoms with Gasteiger partial charge in [0.1, 0.15) is 0 Å². The molecule has 1 amide bonds. The zero-order valence-electron chi connectivity index (χ0n) is 7.66. The molecule has 0 unspecified atom stereocenters. The molecule has 13 heavy (non-hydrogen) atoms. The van der Waals surface area contributed by atoms with Crippen molar-refractivity contribution in [1.82, 2.24) is 4.90 Å². The van der Waals surface area contributed by atoms with Crippen molar-refractivity contribution >= 4 is 12.1 Å². The van der Waals surface area contributed by atoms with E-state index in [-0.39, 0.29) is 5.91 Å². The first-order valence-electron chi connectivity index (χ1n) is 4.00. The van der Waals surface area contributed by atoms with Crippen LogP contribution in [0.1, 0.15) is 0 Å². The molecular weight excluding hydrogens is 166 g/mol. The molecule has 0 saturated heterocycles. The number of aliphatic imine (C=N–C) groups is 1. The van der Waals surface area contributed by atoms with Crippen LogP contribution in [-0.2, 0) is 4.79 Å². The van der Waals surface area contributed by atoms with E-state index in [0.717, 1.165) is 5.57 Å². The fourth-order valence-corrected chi connectivity index (χ4v) is 1.23. The van der Waals surface area contributed by atoms with Crippen LogP contribution in [0.2, 0.25) is 0 Å². The molecule has 0 fully saturated rings. The Labute approximate surface area is 77.4 Å². The van der Waals surface area contributed by atoms with E-state index in [0.29, 0.717) is 18.8 Å². The van der Waals surface area contributed by atoms with Gasteiger partial charge in [0.2, 0.25) is 5.91 Å². The Kier molecular flexibility index (Phi) is 2.84. The first kappa shape index (κ1) is 9.51. The van der Waals surface area contributed by atoms with Gasteiger partial charge in [0.15, 0.2) is 0 Å². The van der Waals surface area contributed by atoms with Crippen molar-refractivity contribution < 1.29 is 4.79 Å². The molecule has 70 valence electrons. The zero-order valence-corrected chi connectivity index (χ0v) is 7.66. The van der Waals surface area contributed by atoms with Crippen molar-refractivity contribution in [2.75, 3.05) is 20.1 Å². The van der Waals surface area contributed by atoms with Crippen LogP contribution >= 0.6 is 0 Å². The summed E-state index contributed by atoms with van der Waals surface area (Å²) in [6.45, 7) is 4.43. The molecule has 4 heteroatoms. The molecule has 1 rings (SSSR count). The smallest absolute Gasteiger partial charge is 0.246 e. The van der Waals surface area contributed by atoms with Crippen LogP contribution in [0, 0.1) is 0 Å². The van der Waals surface area contributed by atoms with Gasteiger partial charge in [0.05, 0.1) is 6.54 Å². The second-order valence-electron chi connectivity index (χ2n) is 2.84. The summed E-state index contributed by atoms with van der Waals surface area (Å²) in [5.74, 6) is -0.0950. The van der Waals surface area contributed by atoms with E-state index in [1.165, 1.54) is 6.08 Å². The van der Waals surface area contributed by atoms with Crippen molar-refractivity contribution in [1.29, 1.82) is 0 Å². The highest BCUT2D eigenvalue weighted by Gasteiger charge is 2.20. The molecule has 0 aromatic carbocycles. The number of hydrogen-bond acceptors (Lipinski definition) is 3. The second-order valence-corrected chi connectivity index (χ2v) is 2.84. The standard InChI is InChI=1S/C9H13N3O/c1-3-9(13)12-5-7(4-11-2)8(10)6-12/h3-4H,1,5-6,10H2,2H3. The van der Waals surface area contributed by atoms with Gasteiger partial charge < -0.3 is 10.6 Å². The Morgan fingerprint density at radius 2 is 2.38 bits per heavy atom. The molecule has 4 nitrogen and oxygen atoms in total. The molecule has 0 aliphatic carbocycles. The summed E-state index contributed by atoms with van der Waals surface area (Å²) in [5.41, 5.74) is 7.33. The minimum atomic E-state index is -0.0950. The van der Waals surface area contributed by atoms with Crippen LogP contribution in [0.15, 0.2) is 28.9 Å². The highest BCUT2D eigenvalue weighted by atomic mass is 16.2. The number of carbonyl (C=O) groups is 1. The third kappa shape index (κ3) is 1.96. The molecule has 0 radical (unpaired) electrons. The van der Waals surface area contributed by atoms with E-state index < -0.39 is 0 Å². The number of hydrogen-bond donors (Lipinski definition) is 1. The minimum Gasteiger partial charge on any atom is -0.400 e. The molecule has 0 bridgehead atoms. The third-order valence-electron chi connectivity index (χ3n) is 1.91. The summed E-state index contributed by atoms with van der Waals surface area (Å²) in [6.07, 6.45) is 2.98. The van der Waals surface area contributed by atoms with Gasteiger partial charge in [-0.1, -0.05) is 6.58 Å². The average Bonchev–Trinajstić information content (AvgIpc) is 2.47. The second kappa shape index (κ2) is 3.89. The van der Waals surface area contributed by atoms with E-state index in [1.54, 1.807) is 18.2 Å². The van der Waals surface area contributed by atoms with Gasteiger partial charge in [0.25, 0.3) is 0 Å².